The highest BCUT2D eigenvalue weighted by molar-refractivity contribution is 7.98. The summed E-state index contributed by atoms with van der Waals surface area (Å²) in [6.45, 7) is 0.555. The minimum Gasteiger partial charge on any atom is -0.464 e. The van der Waals surface area contributed by atoms with Crippen molar-refractivity contribution in [3.05, 3.63) is 27.9 Å². The summed E-state index contributed by atoms with van der Waals surface area (Å²) in [5.74, 6) is 0.411. The van der Waals surface area contributed by atoms with E-state index in [4.69, 9.17) is 0 Å². The fourth-order valence-corrected chi connectivity index (χ4v) is 1.80. The van der Waals surface area contributed by atoms with E-state index >= 15 is 0 Å². The number of pyridine rings is 1. The number of nitrogens with zero attached hydrogens (tertiary/aromatic N) is 2. The molecule has 0 fully saturated rings. The lowest BCUT2D eigenvalue weighted by Crippen LogP contribution is -2.11. The number of anilines is 1. The minimum atomic E-state index is -0.623. The SMILES string of the molecule is COC(=O)c1ccc([N+](=O)[O-])c(NCCCSC)n1. The number of hydrogen-bond donors (Lipinski definition) is 1. The molecule has 1 aromatic rings. The number of hydrogen-bond acceptors (Lipinski definition) is 7. The summed E-state index contributed by atoms with van der Waals surface area (Å²) in [6.07, 6.45) is 2.83. The Kier molecular flexibility index (Phi) is 6.07. The number of ether oxygens (including phenoxy) is 1. The second kappa shape index (κ2) is 7.57. The number of carbonyl (C=O) groups excluding carboxylic acids is 1. The lowest BCUT2D eigenvalue weighted by atomic mass is 10.3. The van der Waals surface area contributed by atoms with Gasteiger partial charge in [-0.15, -0.1) is 0 Å². The maximum absolute atomic E-state index is 11.3. The fourth-order valence-electron chi connectivity index (χ4n) is 1.37. The van der Waals surface area contributed by atoms with E-state index in [2.05, 4.69) is 15.0 Å². The lowest BCUT2D eigenvalue weighted by molar-refractivity contribution is -0.384. The minimum absolute atomic E-state index is 0.0421. The van der Waals surface area contributed by atoms with Crippen molar-refractivity contribution in [2.24, 2.45) is 0 Å². The smallest absolute Gasteiger partial charge is 0.356 e. The molecule has 0 aliphatic carbocycles. The molecule has 7 nitrogen and oxygen atoms in total. The van der Waals surface area contributed by atoms with Crippen LogP contribution in [0.15, 0.2) is 12.1 Å². The summed E-state index contributed by atoms with van der Waals surface area (Å²) in [4.78, 5) is 25.6. The third-order valence-corrected chi connectivity index (χ3v) is 2.98. The Hall–Kier alpha value is -1.83. The molecule has 0 spiro atoms. The van der Waals surface area contributed by atoms with Crippen molar-refractivity contribution in [2.75, 3.05) is 31.0 Å². The number of aromatic nitrogens is 1. The summed E-state index contributed by atoms with van der Waals surface area (Å²) in [5.41, 5.74) is -0.114. The van der Waals surface area contributed by atoms with E-state index in [1.807, 2.05) is 6.26 Å². The van der Waals surface area contributed by atoms with Crippen LogP contribution in [0.5, 0.6) is 0 Å². The van der Waals surface area contributed by atoms with Gasteiger partial charge in [0.2, 0.25) is 5.82 Å². The van der Waals surface area contributed by atoms with Crippen LogP contribution in [0.25, 0.3) is 0 Å². The first-order valence-electron chi connectivity index (χ1n) is 5.56. The number of methoxy groups -OCH3 is 1. The third kappa shape index (κ3) is 4.40. The predicted molar refractivity (Wildman–Crippen MR) is 73.7 cm³/mol. The van der Waals surface area contributed by atoms with Crippen molar-refractivity contribution in [3.63, 3.8) is 0 Å². The third-order valence-electron chi connectivity index (χ3n) is 2.28. The number of rotatable bonds is 7. The Morgan fingerprint density at radius 1 is 1.58 bits per heavy atom. The van der Waals surface area contributed by atoms with Gasteiger partial charge < -0.3 is 10.1 Å². The van der Waals surface area contributed by atoms with E-state index in [1.54, 1.807) is 11.8 Å². The Bertz CT molecular complexity index is 467. The van der Waals surface area contributed by atoms with E-state index in [0.717, 1.165) is 12.2 Å². The van der Waals surface area contributed by atoms with Crippen LogP contribution in [0.2, 0.25) is 0 Å². The Morgan fingerprint density at radius 3 is 2.89 bits per heavy atom. The number of nitrogens with one attached hydrogen (secondary N) is 1. The van der Waals surface area contributed by atoms with Crippen molar-refractivity contribution in [1.82, 2.24) is 4.98 Å². The summed E-state index contributed by atoms with van der Waals surface area (Å²) in [7, 11) is 1.23. The van der Waals surface area contributed by atoms with Crippen molar-refractivity contribution < 1.29 is 14.5 Å². The van der Waals surface area contributed by atoms with Gasteiger partial charge in [0.1, 0.15) is 0 Å². The zero-order valence-electron chi connectivity index (χ0n) is 10.7. The maximum atomic E-state index is 11.3. The standard InChI is InChI=1S/C11H15N3O4S/c1-18-11(15)8-4-5-9(14(16)17)10(13-8)12-6-3-7-19-2/h4-5H,3,6-7H2,1-2H3,(H,12,13). The summed E-state index contributed by atoms with van der Waals surface area (Å²) >= 11 is 1.69. The largest absolute Gasteiger partial charge is 0.464 e. The van der Waals surface area contributed by atoms with Crippen LogP contribution in [-0.2, 0) is 4.74 Å². The van der Waals surface area contributed by atoms with Crippen molar-refractivity contribution >= 4 is 29.2 Å². The van der Waals surface area contributed by atoms with Gasteiger partial charge in [0, 0.05) is 12.6 Å². The first-order valence-corrected chi connectivity index (χ1v) is 6.96. The quantitative estimate of drug-likeness (QED) is 0.354. The summed E-state index contributed by atoms with van der Waals surface area (Å²) in [6, 6.07) is 2.52. The fraction of sp³-hybridized carbons (Fsp3) is 0.455. The monoisotopic (exact) mass is 285 g/mol. The molecule has 0 atom stereocenters. The highest BCUT2D eigenvalue weighted by Gasteiger charge is 2.18. The zero-order valence-corrected chi connectivity index (χ0v) is 11.5. The first-order chi connectivity index (χ1) is 9.10. The van der Waals surface area contributed by atoms with E-state index in [0.29, 0.717) is 6.54 Å². The Labute approximate surface area is 114 Å². The molecular weight excluding hydrogens is 270 g/mol. The van der Waals surface area contributed by atoms with Gasteiger partial charge in [-0.3, -0.25) is 10.1 Å². The highest BCUT2D eigenvalue weighted by atomic mass is 32.2. The molecule has 1 rings (SSSR count). The van der Waals surface area contributed by atoms with Crippen LogP contribution in [0.4, 0.5) is 11.5 Å². The second-order valence-corrected chi connectivity index (χ2v) is 4.57. The van der Waals surface area contributed by atoms with Crippen LogP contribution < -0.4 is 5.32 Å². The molecule has 19 heavy (non-hydrogen) atoms. The topological polar surface area (TPSA) is 94.4 Å². The summed E-state index contributed by atoms with van der Waals surface area (Å²) < 4.78 is 4.53. The molecule has 1 aromatic heterocycles. The van der Waals surface area contributed by atoms with Gasteiger partial charge in [-0.05, 0) is 24.5 Å². The zero-order chi connectivity index (χ0) is 14.3. The number of carbonyl (C=O) groups is 1. The van der Waals surface area contributed by atoms with Gasteiger partial charge >= 0.3 is 11.7 Å². The van der Waals surface area contributed by atoms with Gasteiger partial charge in [-0.1, -0.05) is 0 Å². The molecule has 104 valence electrons. The van der Waals surface area contributed by atoms with Crippen molar-refractivity contribution in [3.8, 4) is 0 Å². The molecule has 0 aliphatic rings. The maximum Gasteiger partial charge on any atom is 0.356 e. The summed E-state index contributed by atoms with van der Waals surface area (Å²) in [5, 5.41) is 13.7. The van der Waals surface area contributed by atoms with Crippen LogP contribution in [0, 0.1) is 10.1 Å². The van der Waals surface area contributed by atoms with Crippen LogP contribution in [0.3, 0.4) is 0 Å². The van der Waals surface area contributed by atoms with Crippen molar-refractivity contribution in [1.29, 1.82) is 0 Å². The highest BCUT2D eigenvalue weighted by Crippen LogP contribution is 2.22. The normalized spacial score (nSPS) is 10.0. The van der Waals surface area contributed by atoms with Crippen molar-refractivity contribution in [2.45, 2.75) is 6.42 Å². The van der Waals surface area contributed by atoms with E-state index in [1.165, 1.54) is 19.2 Å². The molecule has 0 bridgehead atoms. The average Bonchev–Trinajstić information content (AvgIpc) is 2.42. The molecule has 0 saturated carbocycles. The van der Waals surface area contributed by atoms with Gasteiger partial charge in [-0.25, -0.2) is 9.78 Å². The van der Waals surface area contributed by atoms with E-state index in [-0.39, 0.29) is 17.2 Å². The molecular formula is C11H15N3O4S. The molecule has 1 N–H and O–H groups in total. The molecule has 0 aromatic carbocycles. The molecule has 1 heterocycles. The molecule has 0 radical (unpaired) electrons. The molecule has 8 heteroatoms. The van der Waals surface area contributed by atoms with Gasteiger partial charge in [0.15, 0.2) is 5.69 Å². The van der Waals surface area contributed by atoms with E-state index in [9.17, 15) is 14.9 Å². The van der Waals surface area contributed by atoms with Gasteiger partial charge in [0.05, 0.1) is 12.0 Å². The van der Waals surface area contributed by atoms with Crippen LogP contribution in [-0.4, -0.2) is 41.5 Å². The number of thioether (sulfide) groups is 1. The molecule has 0 aliphatic heterocycles. The van der Waals surface area contributed by atoms with Gasteiger partial charge in [0.25, 0.3) is 0 Å². The van der Waals surface area contributed by atoms with Crippen LogP contribution in [0.1, 0.15) is 16.9 Å². The average molecular weight is 285 g/mol. The first kappa shape index (κ1) is 15.2. The van der Waals surface area contributed by atoms with Crippen LogP contribution >= 0.6 is 11.8 Å². The molecule has 0 unspecified atom stereocenters. The van der Waals surface area contributed by atoms with E-state index < -0.39 is 10.9 Å². The Morgan fingerprint density at radius 2 is 2.32 bits per heavy atom. The molecule has 0 amide bonds. The number of esters is 1. The predicted octanol–water partition coefficient (Wildman–Crippen LogP) is 1.94. The Balaban J connectivity index is 2.89. The van der Waals surface area contributed by atoms with Gasteiger partial charge in [-0.2, -0.15) is 11.8 Å². The lowest BCUT2D eigenvalue weighted by Gasteiger charge is -2.07. The number of nitro groups is 1. The second-order valence-electron chi connectivity index (χ2n) is 3.59. The molecule has 0 saturated heterocycles.